The largest absolute Gasteiger partial charge is 0.493 e. The van der Waals surface area contributed by atoms with E-state index in [0.717, 1.165) is 78.3 Å². The molecule has 0 amide bonds. The van der Waals surface area contributed by atoms with Crippen molar-refractivity contribution in [3.05, 3.63) is 83.7 Å². The number of hydrogen-bond acceptors (Lipinski definition) is 4. The van der Waals surface area contributed by atoms with E-state index in [0.29, 0.717) is 12.0 Å². The van der Waals surface area contributed by atoms with Crippen LogP contribution in [0.25, 0.3) is 22.5 Å². The number of nitrogens with zero attached hydrogens (tertiary/aromatic N) is 4. The lowest BCUT2D eigenvalue weighted by Crippen LogP contribution is -2.38. The number of aryl methyl sites for hydroxylation is 2. The summed E-state index contributed by atoms with van der Waals surface area (Å²) in [5.74, 6) is 0.599. The van der Waals surface area contributed by atoms with Gasteiger partial charge in [-0.2, -0.15) is 0 Å². The summed E-state index contributed by atoms with van der Waals surface area (Å²) in [6, 6.07) is 15.0. The van der Waals surface area contributed by atoms with E-state index in [1.165, 1.54) is 23.4 Å². The standard InChI is InChI=1S/C33H39FN4O/c1-6-28-23(2)36-31(29-21-37(5)22-35-29)30(32(28)38-18-16-33(3,4)17-19-38)25-9-13-27(14-10-25)39-20-15-24-7-11-26(34)12-8-24/h7-14,21-22H,6,15-20H2,1-5H3. The van der Waals surface area contributed by atoms with Crippen LogP contribution in [0.1, 0.15) is 50.4 Å². The summed E-state index contributed by atoms with van der Waals surface area (Å²) in [6.45, 7) is 11.7. The van der Waals surface area contributed by atoms with Gasteiger partial charge in [0.25, 0.3) is 0 Å². The maximum atomic E-state index is 13.2. The van der Waals surface area contributed by atoms with E-state index >= 15 is 0 Å². The highest BCUT2D eigenvalue weighted by Gasteiger charge is 2.30. The van der Waals surface area contributed by atoms with Crippen LogP contribution < -0.4 is 9.64 Å². The molecule has 1 aliphatic heterocycles. The van der Waals surface area contributed by atoms with Crippen LogP contribution in [0, 0.1) is 18.2 Å². The molecule has 1 fully saturated rings. The van der Waals surface area contributed by atoms with Gasteiger partial charge in [0.2, 0.25) is 0 Å². The van der Waals surface area contributed by atoms with Gasteiger partial charge in [-0.3, -0.25) is 4.98 Å². The Morgan fingerprint density at radius 1 is 1.00 bits per heavy atom. The van der Waals surface area contributed by atoms with Gasteiger partial charge in [0.15, 0.2) is 0 Å². The highest BCUT2D eigenvalue weighted by molar-refractivity contribution is 5.91. The summed E-state index contributed by atoms with van der Waals surface area (Å²) in [6.07, 6.45) is 7.86. The van der Waals surface area contributed by atoms with Crippen LogP contribution in [0.2, 0.25) is 0 Å². The fraction of sp³-hybridized carbons (Fsp3) is 0.394. The maximum absolute atomic E-state index is 13.2. The quantitative estimate of drug-likeness (QED) is 0.240. The van der Waals surface area contributed by atoms with Gasteiger partial charge in [-0.1, -0.05) is 45.0 Å². The lowest BCUT2D eigenvalue weighted by molar-refractivity contribution is 0.279. The molecule has 4 aromatic rings. The van der Waals surface area contributed by atoms with Crippen LogP contribution in [0.15, 0.2) is 61.1 Å². The molecule has 0 atom stereocenters. The Labute approximate surface area is 231 Å². The maximum Gasteiger partial charge on any atom is 0.123 e. The van der Waals surface area contributed by atoms with Gasteiger partial charge in [-0.15, -0.1) is 0 Å². The van der Waals surface area contributed by atoms with Gasteiger partial charge >= 0.3 is 0 Å². The molecule has 0 bridgehead atoms. The Kier molecular flexibility index (Phi) is 7.74. The van der Waals surface area contributed by atoms with E-state index < -0.39 is 0 Å². The first-order valence-corrected chi connectivity index (χ1v) is 14.0. The van der Waals surface area contributed by atoms with Gasteiger partial charge in [0, 0.05) is 44.0 Å². The molecule has 2 aromatic carbocycles. The highest BCUT2D eigenvalue weighted by Crippen LogP contribution is 2.44. The zero-order chi connectivity index (χ0) is 27.6. The lowest BCUT2D eigenvalue weighted by atomic mass is 9.82. The van der Waals surface area contributed by atoms with Crippen molar-refractivity contribution in [3.8, 4) is 28.3 Å². The number of ether oxygens (including phenoxy) is 1. The average molecular weight is 527 g/mol. The Morgan fingerprint density at radius 2 is 1.69 bits per heavy atom. The predicted octanol–water partition coefficient (Wildman–Crippen LogP) is 7.41. The lowest BCUT2D eigenvalue weighted by Gasteiger charge is -2.40. The molecule has 0 saturated carbocycles. The zero-order valence-electron chi connectivity index (χ0n) is 23.8. The third-order valence-electron chi connectivity index (χ3n) is 7.93. The van der Waals surface area contributed by atoms with Gasteiger partial charge in [-0.05, 0) is 72.6 Å². The van der Waals surface area contributed by atoms with Gasteiger partial charge in [0.05, 0.1) is 18.6 Å². The van der Waals surface area contributed by atoms with Crippen LogP contribution >= 0.6 is 0 Å². The van der Waals surface area contributed by atoms with E-state index in [1.54, 1.807) is 12.1 Å². The number of anilines is 1. The summed E-state index contributed by atoms with van der Waals surface area (Å²) in [7, 11) is 2.00. The number of imidazole rings is 1. The number of rotatable bonds is 8. The van der Waals surface area contributed by atoms with Crippen molar-refractivity contribution >= 4 is 5.69 Å². The molecule has 0 spiro atoms. The highest BCUT2D eigenvalue weighted by atomic mass is 19.1. The molecule has 39 heavy (non-hydrogen) atoms. The van der Waals surface area contributed by atoms with Crippen molar-refractivity contribution in [3.63, 3.8) is 0 Å². The number of pyridine rings is 1. The Morgan fingerprint density at radius 3 is 2.31 bits per heavy atom. The molecule has 0 N–H and O–H groups in total. The topological polar surface area (TPSA) is 43.2 Å². The van der Waals surface area contributed by atoms with E-state index in [2.05, 4.69) is 44.7 Å². The second kappa shape index (κ2) is 11.2. The summed E-state index contributed by atoms with van der Waals surface area (Å²) >= 11 is 0. The normalized spacial score (nSPS) is 15.0. The van der Waals surface area contributed by atoms with Crippen LogP contribution in [0.5, 0.6) is 5.75 Å². The van der Waals surface area contributed by atoms with E-state index in [-0.39, 0.29) is 5.82 Å². The summed E-state index contributed by atoms with van der Waals surface area (Å²) in [4.78, 5) is 12.4. The molecule has 5 rings (SSSR count). The molecule has 1 aliphatic rings. The van der Waals surface area contributed by atoms with Crippen molar-refractivity contribution in [1.82, 2.24) is 14.5 Å². The SMILES string of the molecule is CCc1c(C)nc(-c2cn(C)cn2)c(-c2ccc(OCCc3ccc(F)cc3)cc2)c1N1CCC(C)(C)CC1. The third kappa shape index (κ3) is 6.00. The number of piperidine rings is 1. The Balaban J connectivity index is 1.50. The van der Waals surface area contributed by atoms with Crippen LogP contribution in [0.4, 0.5) is 10.1 Å². The minimum absolute atomic E-state index is 0.218. The molecule has 2 aromatic heterocycles. The number of halogens is 1. The van der Waals surface area contributed by atoms with Gasteiger partial charge in [-0.25, -0.2) is 9.37 Å². The van der Waals surface area contributed by atoms with Crippen LogP contribution in [0.3, 0.4) is 0 Å². The molecular formula is C33H39FN4O. The molecule has 204 valence electrons. The molecule has 5 nitrogen and oxygen atoms in total. The van der Waals surface area contributed by atoms with E-state index in [4.69, 9.17) is 14.7 Å². The molecular weight excluding hydrogens is 487 g/mol. The summed E-state index contributed by atoms with van der Waals surface area (Å²) < 4.78 is 21.2. The second-order valence-corrected chi connectivity index (χ2v) is 11.4. The minimum atomic E-state index is -0.218. The van der Waals surface area contributed by atoms with Crippen molar-refractivity contribution in [2.75, 3.05) is 24.6 Å². The molecule has 1 saturated heterocycles. The molecule has 6 heteroatoms. The first kappa shape index (κ1) is 26.9. The van der Waals surface area contributed by atoms with Crippen LogP contribution in [-0.2, 0) is 19.9 Å². The zero-order valence-corrected chi connectivity index (χ0v) is 23.8. The first-order chi connectivity index (χ1) is 18.7. The third-order valence-corrected chi connectivity index (χ3v) is 7.93. The number of aromatic nitrogens is 3. The Hall–Kier alpha value is -3.67. The summed E-state index contributed by atoms with van der Waals surface area (Å²) in [5, 5.41) is 0. The molecule has 0 aliphatic carbocycles. The van der Waals surface area contributed by atoms with Crippen molar-refractivity contribution in [2.45, 2.75) is 53.4 Å². The van der Waals surface area contributed by atoms with Crippen LogP contribution in [-0.4, -0.2) is 34.2 Å². The fourth-order valence-electron chi connectivity index (χ4n) is 5.48. The van der Waals surface area contributed by atoms with Gasteiger partial charge in [0.1, 0.15) is 23.0 Å². The molecule has 3 heterocycles. The monoisotopic (exact) mass is 526 g/mol. The van der Waals surface area contributed by atoms with E-state index in [1.807, 2.05) is 36.3 Å². The molecule has 0 unspecified atom stereocenters. The number of hydrogen-bond donors (Lipinski definition) is 0. The van der Waals surface area contributed by atoms with Crippen molar-refractivity contribution < 1.29 is 9.13 Å². The van der Waals surface area contributed by atoms with E-state index in [9.17, 15) is 4.39 Å². The molecule has 0 radical (unpaired) electrons. The fourth-order valence-corrected chi connectivity index (χ4v) is 5.48. The Bertz CT molecular complexity index is 1410. The summed E-state index contributed by atoms with van der Waals surface area (Å²) in [5.41, 5.74) is 9.17. The smallest absolute Gasteiger partial charge is 0.123 e. The predicted molar refractivity (Wildman–Crippen MR) is 157 cm³/mol. The minimum Gasteiger partial charge on any atom is -0.493 e. The second-order valence-electron chi connectivity index (χ2n) is 11.4. The first-order valence-electron chi connectivity index (χ1n) is 14.0. The number of benzene rings is 2. The average Bonchev–Trinajstić information content (AvgIpc) is 3.36. The van der Waals surface area contributed by atoms with Crippen molar-refractivity contribution in [2.24, 2.45) is 12.5 Å². The van der Waals surface area contributed by atoms with Crippen molar-refractivity contribution in [1.29, 1.82) is 0 Å². The van der Waals surface area contributed by atoms with Gasteiger partial charge < -0.3 is 14.2 Å².